The van der Waals surface area contributed by atoms with Crippen LogP contribution in [0.3, 0.4) is 0 Å². The lowest BCUT2D eigenvalue weighted by Crippen LogP contribution is -2.23. The van der Waals surface area contributed by atoms with Gasteiger partial charge >= 0.3 is 0 Å². The smallest absolute Gasteiger partial charge is 0.212 e. The van der Waals surface area contributed by atoms with E-state index < -0.39 is 6.10 Å². The molecule has 2 aromatic rings. The van der Waals surface area contributed by atoms with Crippen LogP contribution in [0.1, 0.15) is 27.0 Å². The number of carbonyl (C=O) groups is 2. The Hall–Kier alpha value is -1.65. The van der Waals surface area contributed by atoms with Gasteiger partial charge in [0.15, 0.2) is 6.10 Å². The van der Waals surface area contributed by atoms with Crippen molar-refractivity contribution < 1.29 is 14.3 Å². The van der Waals surface area contributed by atoms with Crippen LogP contribution in [-0.2, 0) is 0 Å². The molecular weight excluding hydrogens is 284 g/mol. The summed E-state index contributed by atoms with van der Waals surface area (Å²) in [6.07, 6.45) is 0.156. The van der Waals surface area contributed by atoms with Crippen molar-refractivity contribution in [3.63, 3.8) is 0 Å². The van der Waals surface area contributed by atoms with Crippen LogP contribution in [0.2, 0.25) is 4.34 Å². The zero-order valence-corrected chi connectivity index (χ0v) is 11.7. The lowest BCUT2D eigenvalue weighted by atomic mass is 10.2. The highest BCUT2D eigenvalue weighted by atomic mass is 35.5. The van der Waals surface area contributed by atoms with Crippen LogP contribution in [0.25, 0.3) is 0 Å². The average Bonchev–Trinajstić information content (AvgIpc) is 2.85. The highest BCUT2D eigenvalue weighted by Gasteiger charge is 2.18. The van der Waals surface area contributed by atoms with E-state index in [1.807, 2.05) is 0 Å². The lowest BCUT2D eigenvalue weighted by Gasteiger charge is -2.12. The molecule has 1 aromatic carbocycles. The molecule has 1 atom stereocenters. The van der Waals surface area contributed by atoms with Gasteiger partial charge in [-0.1, -0.05) is 11.6 Å². The van der Waals surface area contributed by atoms with Crippen molar-refractivity contribution in [1.82, 2.24) is 0 Å². The van der Waals surface area contributed by atoms with Crippen molar-refractivity contribution in [2.24, 2.45) is 0 Å². The summed E-state index contributed by atoms with van der Waals surface area (Å²) in [5.41, 5.74) is 0.566. The maximum Gasteiger partial charge on any atom is 0.212 e. The number of Topliss-reactive ketones (excluding diaryl/α,β-unsaturated/α-hetero) is 1. The molecule has 1 aromatic heterocycles. The molecule has 0 aliphatic rings. The van der Waals surface area contributed by atoms with Crippen molar-refractivity contribution in [3.05, 3.63) is 51.2 Å². The van der Waals surface area contributed by atoms with Crippen molar-refractivity contribution in [3.8, 4) is 5.75 Å². The normalized spacial score (nSPS) is 11.9. The number of ketones is 1. The molecule has 0 spiro atoms. The van der Waals surface area contributed by atoms with Crippen LogP contribution in [0.15, 0.2) is 36.4 Å². The minimum absolute atomic E-state index is 0.114. The minimum Gasteiger partial charge on any atom is -0.483 e. The Morgan fingerprint density at radius 3 is 2.47 bits per heavy atom. The fourth-order valence-corrected chi connectivity index (χ4v) is 2.59. The third-order valence-electron chi connectivity index (χ3n) is 2.51. The van der Waals surface area contributed by atoms with E-state index in [0.29, 0.717) is 20.5 Å². The number of carbonyl (C=O) groups excluding carboxylic acids is 2. The molecule has 0 amide bonds. The average molecular weight is 295 g/mol. The van der Waals surface area contributed by atoms with Gasteiger partial charge in [-0.05, 0) is 43.3 Å². The molecule has 0 bridgehead atoms. The molecule has 0 saturated carbocycles. The van der Waals surface area contributed by atoms with Gasteiger partial charge in [0.1, 0.15) is 12.0 Å². The van der Waals surface area contributed by atoms with E-state index in [9.17, 15) is 9.59 Å². The lowest BCUT2D eigenvalue weighted by molar-refractivity contribution is 0.0822. The fraction of sp³-hybridized carbons (Fsp3) is 0.143. The second kappa shape index (κ2) is 5.99. The molecule has 0 aliphatic heterocycles. The monoisotopic (exact) mass is 294 g/mol. The van der Waals surface area contributed by atoms with Gasteiger partial charge in [0.2, 0.25) is 5.78 Å². The number of hydrogen-bond donors (Lipinski definition) is 0. The van der Waals surface area contributed by atoms with Crippen LogP contribution >= 0.6 is 22.9 Å². The first-order valence-corrected chi connectivity index (χ1v) is 6.81. The van der Waals surface area contributed by atoms with E-state index in [4.69, 9.17) is 16.3 Å². The zero-order valence-electron chi connectivity index (χ0n) is 10.1. The van der Waals surface area contributed by atoms with Crippen molar-refractivity contribution in [2.75, 3.05) is 0 Å². The number of thiophene rings is 1. The number of benzene rings is 1. The number of rotatable bonds is 5. The van der Waals surface area contributed by atoms with Gasteiger partial charge in [-0.15, -0.1) is 11.3 Å². The molecule has 0 radical (unpaired) electrons. The Labute approximate surface area is 119 Å². The van der Waals surface area contributed by atoms with Gasteiger partial charge < -0.3 is 4.74 Å². The van der Waals surface area contributed by atoms with Gasteiger partial charge in [-0.3, -0.25) is 9.59 Å². The minimum atomic E-state index is -0.600. The maximum atomic E-state index is 12.1. The molecule has 19 heavy (non-hydrogen) atoms. The Balaban J connectivity index is 2.05. The highest BCUT2D eigenvalue weighted by Crippen LogP contribution is 2.23. The molecule has 0 fully saturated rings. The predicted molar refractivity (Wildman–Crippen MR) is 75.6 cm³/mol. The van der Waals surface area contributed by atoms with E-state index in [-0.39, 0.29) is 5.78 Å². The Morgan fingerprint density at radius 1 is 1.26 bits per heavy atom. The number of halogens is 1. The predicted octanol–water partition coefficient (Wildman–Crippen LogP) is 3.86. The molecule has 5 heteroatoms. The molecule has 98 valence electrons. The zero-order chi connectivity index (χ0) is 13.8. The third-order valence-corrected chi connectivity index (χ3v) is 3.76. The molecule has 3 nitrogen and oxygen atoms in total. The van der Waals surface area contributed by atoms with Crippen LogP contribution in [0.4, 0.5) is 0 Å². The molecule has 1 heterocycles. The van der Waals surface area contributed by atoms with Crippen molar-refractivity contribution in [2.45, 2.75) is 13.0 Å². The SMILES string of the molecule is CC(Oc1ccc(C=O)cc1)C(=O)c1ccc(Cl)s1. The maximum absolute atomic E-state index is 12.1. The van der Waals surface area contributed by atoms with Gasteiger partial charge in [-0.25, -0.2) is 0 Å². The first-order chi connectivity index (χ1) is 9.10. The standard InChI is InChI=1S/C14H11ClO3S/c1-9(14(17)12-6-7-13(15)19-12)18-11-4-2-10(8-16)3-5-11/h2-9H,1H3. The summed E-state index contributed by atoms with van der Waals surface area (Å²) < 4.78 is 6.11. The first-order valence-electron chi connectivity index (χ1n) is 5.61. The molecule has 1 unspecified atom stereocenters. The van der Waals surface area contributed by atoms with E-state index in [0.717, 1.165) is 6.29 Å². The fourth-order valence-electron chi connectivity index (χ4n) is 1.53. The summed E-state index contributed by atoms with van der Waals surface area (Å²) >= 11 is 7.03. The van der Waals surface area contributed by atoms with E-state index in [2.05, 4.69) is 0 Å². The molecule has 0 saturated heterocycles. The molecule has 0 N–H and O–H groups in total. The largest absolute Gasteiger partial charge is 0.483 e. The third kappa shape index (κ3) is 3.43. The Kier molecular flexibility index (Phi) is 4.35. The van der Waals surface area contributed by atoms with Crippen LogP contribution in [0, 0.1) is 0 Å². The quantitative estimate of drug-likeness (QED) is 0.621. The Morgan fingerprint density at radius 2 is 1.95 bits per heavy atom. The Bertz CT molecular complexity index is 589. The van der Waals surface area contributed by atoms with Gasteiger partial charge in [-0.2, -0.15) is 0 Å². The molecule has 0 aliphatic carbocycles. The van der Waals surface area contributed by atoms with Gasteiger partial charge in [0.25, 0.3) is 0 Å². The van der Waals surface area contributed by atoms with Gasteiger partial charge in [0, 0.05) is 5.56 Å². The summed E-state index contributed by atoms with van der Waals surface area (Å²) in [7, 11) is 0. The van der Waals surface area contributed by atoms with E-state index >= 15 is 0 Å². The second-order valence-corrected chi connectivity index (χ2v) is 5.63. The van der Waals surface area contributed by atoms with Crippen molar-refractivity contribution >= 4 is 35.0 Å². The number of hydrogen-bond acceptors (Lipinski definition) is 4. The summed E-state index contributed by atoms with van der Waals surface area (Å²) in [5.74, 6) is 0.436. The van der Waals surface area contributed by atoms with E-state index in [1.54, 1.807) is 43.3 Å². The summed E-state index contributed by atoms with van der Waals surface area (Å²) in [5, 5.41) is 0. The highest BCUT2D eigenvalue weighted by molar-refractivity contribution is 7.18. The van der Waals surface area contributed by atoms with Crippen LogP contribution in [0.5, 0.6) is 5.75 Å². The molecular formula is C14H11ClO3S. The summed E-state index contributed by atoms with van der Waals surface area (Å²) in [6.45, 7) is 1.68. The van der Waals surface area contributed by atoms with Crippen LogP contribution < -0.4 is 4.74 Å². The van der Waals surface area contributed by atoms with E-state index in [1.165, 1.54) is 11.3 Å². The number of ether oxygens (including phenoxy) is 1. The summed E-state index contributed by atoms with van der Waals surface area (Å²) in [4.78, 5) is 23.2. The number of aldehydes is 1. The topological polar surface area (TPSA) is 43.4 Å². The van der Waals surface area contributed by atoms with Crippen LogP contribution in [-0.4, -0.2) is 18.2 Å². The van der Waals surface area contributed by atoms with Gasteiger partial charge in [0.05, 0.1) is 9.21 Å². The molecule has 2 rings (SSSR count). The van der Waals surface area contributed by atoms with Crippen molar-refractivity contribution in [1.29, 1.82) is 0 Å². The second-order valence-electron chi connectivity index (χ2n) is 3.91. The first kappa shape index (κ1) is 13.8. The summed E-state index contributed by atoms with van der Waals surface area (Å²) in [6, 6.07) is 9.97.